The lowest BCUT2D eigenvalue weighted by molar-refractivity contribution is -0.384. The highest BCUT2D eigenvalue weighted by atomic mass is 19.4. The van der Waals surface area contributed by atoms with E-state index in [2.05, 4.69) is 9.47 Å². The first-order chi connectivity index (χ1) is 10.8. The number of carbonyl (C=O) groups excluding carboxylic acids is 2. The Morgan fingerprint density at radius 3 is 1.58 bits per heavy atom. The molecule has 0 atom stereocenters. The van der Waals surface area contributed by atoms with E-state index in [9.17, 15) is 46.0 Å². The van der Waals surface area contributed by atoms with E-state index in [1.165, 1.54) is 0 Å². The summed E-state index contributed by atoms with van der Waals surface area (Å²) < 4.78 is 80.2. The van der Waals surface area contributed by atoms with Crippen LogP contribution in [0.3, 0.4) is 0 Å². The van der Waals surface area contributed by atoms with Crippen LogP contribution in [0.5, 0.6) is 0 Å². The Morgan fingerprint density at radius 1 is 0.917 bits per heavy atom. The van der Waals surface area contributed by atoms with Crippen LogP contribution < -0.4 is 0 Å². The molecule has 13 heteroatoms. The number of ether oxygens (including phenoxy) is 2. The van der Waals surface area contributed by atoms with Crippen LogP contribution in [0, 0.1) is 10.1 Å². The number of hydrogen-bond donors (Lipinski definition) is 0. The van der Waals surface area contributed by atoms with E-state index >= 15 is 0 Å². The van der Waals surface area contributed by atoms with E-state index in [1.807, 2.05) is 0 Å². The Labute approximate surface area is 127 Å². The number of nitrogens with zero attached hydrogens (tertiary/aromatic N) is 1. The van der Waals surface area contributed by atoms with Crippen molar-refractivity contribution in [3.05, 3.63) is 39.9 Å². The molecule has 0 saturated heterocycles. The Bertz CT molecular complexity index is 610. The number of halogens is 6. The normalized spacial score (nSPS) is 12.0. The molecule has 0 aliphatic heterocycles. The zero-order valence-electron chi connectivity index (χ0n) is 11.1. The molecule has 0 aliphatic carbocycles. The summed E-state index contributed by atoms with van der Waals surface area (Å²) in [6.07, 6.45) is -13.8. The van der Waals surface area contributed by atoms with Crippen molar-refractivity contribution in [1.82, 2.24) is 0 Å². The largest absolute Gasteiger partial charge is 0.491 e. The van der Waals surface area contributed by atoms with Crippen LogP contribution in [-0.4, -0.2) is 29.2 Å². The molecule has 7 nitrogen and oxygen atoms in total. The summed E-state index contributed by atoms with van der Waals surface area (Å²) in [5.41, 5.74) is -1.21. The van der Waals surface area contributed by atoms with Gasteiger partial charge in [-0.2, -0.15) is 26.3 Å². The number of esters is 2. The Balaban J connectivity index is 3.10. The summed E-state index contributed by atoms with van der Waals surface area (Å²) in [5, 5.41) is 10.4. The maximum Gasteiger partial charge on any atom is 0.491 e. The number of non-ortho nitro benzene ring substituents is 1. The second-order valence-corrected chi connectivity index (χ2v) is 3.99. The van der Waals surface area contributed by atoms with Crippen molar-refractivity contribution in [3.8, 4) is 0 Å². The fourth-order valence-corrected chi connectivity index (χ4v) is 1.24. The molecular weight excluding hydrogens is 356 g/mol. The van der Waals surface area contributed by atoms with Gasteiger partial charge in [0.05, 0.1) is 4.92 Å². The molecule has 0 saturated carbocycles. The number of nitro groups is 1. The molecule has 0 spiro atoms. The van der Waals surface area contributed by atoms with Crippen molar-refractivity contribution in [2.45, 2.75) is 18.6 Å². The maximum atomic E-state index is 12.1. The predicted molar refractivity (Wildman–Crippen MR) is 60.1 cm³/mol. The van der Waals surface area contributed by atoms with Crippen LogP contribution in [0.15, 0.2) is 24.3 Å². The Morgan fingerprint density at radius 2 is 1.29 bits per heavy atom. The lowest BCUT2D eigenvalue weighted by atomic mass is 10.2. The zero-order chi connectivity index (χ0) is 18.7. The Kier molecular flexibility index (Phi) is 5.37. The number of nitro benzene ring substituents is 1. The highest BCUT2D eigenvalue weighted by Crippen LogP contribution is 2.29. The number of carbonyl (C=O) groups is 2. The fourth-order valence-electron chi connectivity index (χ4n) is 1.24. The molecule has 0 N–H and O–H groups in total. The Hall–Kier alpha value is -2.86. The van der Waals surface area contributed by atoms with Crippen molar-refractivity contribution >= 4 is 17.6 Å². The van der Waals surface area contributed by atoms with Crippen molar-refractivity contribution in [1.29, 1.82) is 0 Å². The first-order valence-electron chi connectivity index (χ1n) is 5.62. The van der Waals surface area contributed by atoms with E-state index in [0.717, 1.165) is 0 Å². The van der Waals surface area contributed by atoms with E-state index < -0.39 is 46.8 Å². The molecule has 0 aromatic heterocycles. The summed E-state index contributed by atoms with van der Waals surface area (Å²) in [6, 6.07) is 2.72. The van der Waals surface area contributed by atoms with Gasteiger partial charge in [-0.3, -0.25) is 10.1 Å². The highest BCUT2D eigenvalue weighted by molar-refractivity contribution is 5.77. The minimum absolute atomic E-state index is 0.554. The molecular formula is C11H5F6NO6. The number of benzene rings is 1. The van der Waals surface area contributed by atoms with Gasteiger partial charge in [0, 0.05) is 17.7 Å². The topological polar surface area (TPSA) is 95.7 Å². The van der Waals surface area contributed by atoms with Crippen LogP contribution in [0.25, 0.3) is 0 Å². The monoisotopic (exact) mass is 361 g/mol. The fraction of sp³-hybridized carbons (Fsp3) is 0.273. The third-order valence-electron chi connectivity index (χ3n) is 2.27. The van der Waals surface area contributed by atoms with Gasteiger partial charge in [0.25, 0.3) is 12.0 Å². The summed E-state index contributed by atoms with van der Waals surface area (Å²) in [4.78, 5) is 31.0. The minimum Gasteiger partial charge on any atom is -0.414 e. The second kappa shape index (κ2) is 6.72. The zero-order valence-corrected chi connectivity index (χ0v) is 11.1. The van der Waals surface area contributed by atoms with E-state index in [4.69, 9.17) is 0 Å². The van der Waals surface area contributed by atoms with E-state index in [1.54, 1.807) is 0 Å². The average molecular weight is 361 g/mol. The average Bonchev–Trinajstić information content (AvgIpc) is 2.44. The second-order valence-electron chi connectivity index (χ2n) is 3.99. The molecule has 24 heavy (non-hydrogen) atoms. The number of alkyl halides is 6. The molecule has 0 amide bonds. The van der Waals surface area contributed by atoms with Gasteiger partial charge in [-0.1, -0.05) is 0 Å². The van der Waals surface area contributed by atoms with Crippen molar-refractivity contribution in [2.24, 2.45) is 0 Å². The highest BCUT2D eigenvalue weighted by Gasteiger charge is 2.46. The molecule has 132 valence electrons. The van der Waals surface area contributed by atoms with Crippen LogP contribution in [0.2, 0.25) is 0 Å². The third-order valence-corrected chi connectivity index (χ3v) is 2.27. The molecule has 0 fully saturated rings. The molecule has 0 aliphatic rings. The summed E-state index contributed by atoms with van der Waals surface area (Å²) in [7, 11) is 0. The summed E-state index contributed by atoms with van der Waals surface area (Å²) in [6.45, 7) is 0. The van der Waals surface area contributed by atoms with Crippen LogP contribution >= 0.6 is 0 Å². The molecule has 0 heterocycles. The maximum absolute atomic E-state index is 12.1. The molecule has 0 bridgehead atoms. The van der Waals surface area contributed by atoms with Crippen LogP contribution in [-0.2, 0) is 19.1 Å². The molecule has 0 radical (unpaired) electrons. The van der Waals surface area contributed by atoms with Gasteiger partial charge in [0.2, 0.25) is 0 Å². The first-order valence-corrected chi connectivity index (χ1v) is 5.62. The standard InChI is InChI=1S/C11H5F6NO6/c12-10(13,14)8(19)23-7(24-9(20)11(15,16)17)5-1-3-6(4-2-5)18(21)22/h1-4,7H. The molecule has 1 aromatic rings. The summed E-state index contributed by atoms with van der Waals surface area (Å²) >= 11 is 0. The predicted octanol–water partition coefficient (Wildman–Crippen LogP) is 2.80. The van der Waals surface area contributed by atoms with Crippen LogP contribution in [0.4, 0.5) is 32.0 Å². The van der Waals surface area contributed by atoms with Crippen molar-refractivity contribution in [3.63, 3.8) is 0 Å². The lowest BCUT2D eigenvalue weighted by Crippen LogP contribution is -2.32. The molecule has 1 aromatic carbocycles. The smallest absolute Gasteiger partial charge is 0.414 e. The van der Waals surface area contributed by atoms with E-state index in [0.29, 0.717) is 24.3 Å². The lowest BCUT2D eigenvalue weighted by Gasteiger charge is -2.19. The number of rotatable bonds is 4. The first kappa shape index (κ1) is 19.2. The van der Waals surface area contributed by atoms with Gasteiger partial charge < -0.3 is 9.47 Å². The van der Waals surface area contributed by atoms with Crippen LogP contribution in [0.1, 0.15) is 11.9 Å². The van der Waals surface area contributed by atoms with Crippen molar-refractivity contribution in [2.75, 3.05) is 0 Å². The van der Waals surface area contributed by atoms with Gasteiger partial charge in [0.15, 0.2) is 0 Å². The quantitative estimate of drug-likeness (QED) is 0.269. The SMILES string of the molecule is O=C(OC(OC(=O)C(F)(F)F)c1ccc([N+](=O)[O-])cc1)C(F)(F)F. The van der Waals surface area contributed by atoms with Gasteiger partial charge in [0.1, 0.15) is 0 Å². The van der Waals surface area contributed by atoms with Gasteiger partial charge in [-0.25, -0.2) is 9.59 Å². The molecule has 1 rings (SSSR count). The van der Waals surface area contributed by atoms with Gasteiger partial charge >= 0.3 is 24.3 Å². The van der Waals surface area contributed by atoms with Gasteiger partial charge in [-0.05, 0) is 12.1 Å². The number of hydrogen-bond acceptors (Lipinski definition) is 6. The van der Waals surface area contributed by atoms with E-state index in [-0.39, 0.29) is 0 Å². The third kappa shape index (κ3) is 5.10. The summed E-state index contributed by atoms with van der Waals surface area (Å²) in [5.74, 6) is -5.83. The minimum atomic E-state index is -5.57. The molecule has 0 unspecified atom stereocenters. The van der Waals surface area contributed by atoms with Gasteiger partial charge in [-0.15, -0.1) is 0 Å². The van der Waals surface area contributed by atoms with Crippen molar-refractivity contribution < 1.29 is 50.3 Å².